The Hall–Kier alpha value is -3.01. The molecule has 3 rings (SSSR count). The van der Waals surface area contributed by atoms with Crippen LogP contribution in [0.25, 0.3) is 11.4 Å². The van der Waals surface area contributed by atoms with Gasteiger partial charge in [0, 0.05) is 11.8 Å². The van der Waals surface area contributed by atoms with Crippen molar-refractivity contribution in [3.8, 4) is 11.4 Å². The van der Waals surface area contributed by atoms with Crippen molar-refractivity contribution >= 4 is 5.91 Å². The van der Waals surface area contributed by atoms with Crippen LogP contribution in [0, 0.1) is 13.8 Å². The van der Waals surface area contributed by atoms with Gasteiger partial charge in [-0.25, -0.2) is 9.97 Å². The molecule has 1 amide bonds. The highest BCUT2D eigenvalue weighted by molar-refractivity contribution is 5.95. The molecule has 0 aliphatic rings. The normalized spacial score (nSPS) is 11.8. The number of hydrogen-bond acceptors (Lipinski definition) is 3. The third kappa shape index (κ3) is 3.91. The van der Waals surface area contributed by atoms with Gasteiger partial charge in [0.05, 0.1) is 17.3 Å². The second kappa shape index (κ2) is 7.26. The molecule has 1 aromatic heterocycles. The molecule has 0 fully saturated rings. The molecule has 4 heteroatoms. The van der Waals surface area contributed by atoms with Crippen LogP contribution in [0.5, 0.6) is 0 Å². The lowest BCUT2D eigenvalue weighted by molar-refractivity contribution is 0.0938. The minimum atomic E-state index is -0.163. The molecule has 1 heterocycles. The molecule has 1 N–H and O–H groups in total. The van der Waals surface area contributed by atoms with Gasteiger partial charge in [0.2, 0.25) is 0 Å². The van der Waals surface area contributed by atoms with Crippen LogP contribution < -0.4 is 5.32 Å². The lowest BCUT2D eigenvalue weighted by Crippen LogP contribution is -2.27. The number of rotatable bonds is 4. The smallest absolute Gasteiger partial charge is 0.255 e. The molecule has 25 heavy (non-hydrogen) atoms. The predicted molar refractivity (Wildman–Crippen MR) is 99.3 cm³/mol. The Morgan fingerprint density at radius 2 is 1.68 bits per heavy atom. The molecule has 3 aromatic rings. The average molecular weight is 331 g/mol. The maximum atomic E-state index is 12.6. The molecule has 1 unspecified atom stereocenters. The van der Waals surface area contributed by atoms with E-state index in [9.17, 15) is 4.79 Å². The number of carbonyl (C=O) groups excluding carboxylic acids is 1. The Morgan fingerprint density at radius 1 is 1.00 bits per heavy atom. The second-order valence-corrected chi connectivity index (χ2v) is 6.16. The zero-order chi connectivity index (χ0) is 17.8. The van der Waals surface area contributed by atoms with Crippen LogP contribution in [0.3, 0.4) is 0 Å². The standard InChI is InChI=1S/C21H21N3O/c1-14-9-11-18(12-10-14)20-22-13-19(16(3)23-20)21(25)24-15(2)17-7-5-4-6-8-17/h4-13,15H,1-3H3,(H,24,25). The molecular formula is C21H21N3O. The summed E-state index contributed by atoms with van der Waals surface area (Å²) in [5.74, 6) is 0.467. The predicted octanol–water partition coefficient (Wildman–Crippen LogP) is 4.25. The van der Waals surface area contributed by atoms with Crippen molar-refractivity contribution in [3.05, 3.63) is 83.2 Å². The number of aryl methyl sites for hydroxylation is 2. The third-order valence-corrected chi connectivity index (χ3v) is 4.18. The molecule has 126 valence electrons. The van der Waals surface area contributed by atoms with Crippen molar-refractivity contribution in [2.45, 2.75) is 26.8 Å². The first-order valence-electron chi connectivity index (χ1n) is 8.31. The Morgan fingerprint density at radius 3 is 2.32 bits per heavy atom. The number of hydrogen-bond donors (Lipinski definition) is 1. The van der Waals surface area contributed by atoms with Gasteiger partial charge in [0.25, 0.3) is 5.91 Å². The SMILES string of the molecule is Cc1ccc(-c2ncc(C(=O)NC(C)c3ccccc3)c(C)n2)cc1. The second-order valence-electron chi connectivity index (χ2n) is 6.16. The van der Waals surface area contributed by atoms with E-state index in [4.69, 9.17) is 0 Å². The Kier molecular flexibility index (Phi) is 4.89. The maximum absolute atomic E-state index is 12.6. The van der Waals surface area contributed by atoms with E-state index < -0.39 is 0 Å². The molecule has 1 atom stereocenters. The summed E-state index contributed by atoms with van der Waals surface area (Å²) < 4.78 is 0. The molecule has 0 saturated heterocycles. The fraction of sp³-hybridized carbons (Fsp3) is 0.190. The van der Waals surface area contributed by atoms with Crippen molar-refractivity contribution in [3.63, 3.8) is 0 Å². The van der Waals surface area contributed by atoms with E-state index in [2.05, 4.69) is 15.3 Å². The molecule has 0 radical (unpaired) electrons. The van der Waals surface area contributed by atoms with Gasteiger partial charge >= 0.3 is 0 Å². The monoisotopic (exact) mass is 331 g/mol. The molecular weight excluding hydrogens is 310 g/mol. The molecule has 0 saturated carbocycles. The number of amides is 1. The first-order valence-corrected chi connectivity index (χ1v) is 8.31. The van der Waals surface area contributed by atoms with E-state index in [0.29, 0.717) is 17.1 Å². The number of nitrogens with zero attached hydrogens (tertiary/aromatic N) is 2. The van der Waals surface area contributed by atoms with E-state index in [1.807, 2.05) is 75.4 Å². The minimum Gasteiger partial charge on any atom is -0.345 e. The number of carbonyl (C=O) groups is 1. The Bertz CT molecular complexity index is 873. The minimum absolute atomic E-state index is 0.0788. The number of nitrogens with one attached hydrogen (secondary N) is 1. The first kappa shape index (κ1) is 16.8. The van der Waals surface area contributed by atoms with Crippen LogP contribution in [0.1, 0.15) is 40.1 Å². The number of aromatic nitrogens is 2. The van der Waals surface area contributed by atoms with Crippen molar-refractivity contribution in [1.82, 2.24) is 15.3 Å². The summed E-state index contributed by atoms with van der Waals surface area (Å²) in [6.07, 6.45) is 1.60. The van der Waals surface area contributed by atoms with Crippen LogP contribution in [0.4, 0.5) is 0 Å². The van der Waals surface area contributed by atoms with E-state index in [0.717, 1.165) is 11.1 Å². The highest BCUT2D eigenvalue weighted by Crippen LogP contribution is 2.18. The van der Waals surface area contributed by atoms with Gasteiger partial charge in [-0.1, -0.05) is 60.2 Å². The molecule has 2 aromatic carbocycles. The van der Waals surface area contributed by atoms with Gasteiger partial charge in [-0.05, 0) is 26.3 Å². The third-order valence-electron chi connectivity index (χ3n) is 4.18. The van der Waals surface area contributed by atoms with Gasteiger partial charge in [0.1, 0.15) is 0 Å². The zero-order valence-corrected chi connectivity index (χ0v) is 14.7. The maximum Gasteiger partial charge on any atom is 0.255 e. The average Bonchev–Trinajstić information content (AvgIpc) is 2.62. The van der Waals surface area contributed by atoms with Crippen LogP contribution in [-0.2, 0) is 0 Å². The Balaban J connectivity index is 1.78. The largest absolute Gasteiger partial charge is 0.345 e. The molecule has 4 nitrogen and oxygen atoms in total. The summed E-state index contributed by atoms with van der Waals surface area (Å²) in [5.41, 5.74) is 4.36. The van der Waals surface area contributed by atoms with Gasteiger partial charge in [-0.3, -0.25) is 4.79 Å². The highest BCUT2D eigenvalue weighted by Gasteiger charge is 2.15. The van der Waals surface area contributed by atoms with Crippen LogP contribution >= 0.6 is 0 Å². The van der Waals surface area contributed by atoms with Crippen molar-refractivity contribution in [1.29, 1.82) is 0 Å². The fourth-order valence-electron chi connectivity index (χ4n) is 2.63. The van der Waals surface area contributed by atoms with Gasteiger partial charge in [-0.15, -0.1) is 0 Å². The Labute approximate surface area is 148 Å². The topological polar surface area (TPSA) is 54.9 Å². The van der Waals surface area contributed by atoms with Crippen LogP contribution in [0.15, 0.2) is 60.8 Å². The van der Waals surface area contributed by atoms with E-state index in [1.165, 1.54) is 5.56 Å². The quantitative estimate of drug-likeness (QED) is 0.777. The molecule has 0 aliphatic heterocycles. The van der Waals surface area contributed by atoms with Crippen molar-refractivity contribution in [2.24, 2.45) is 0 Å². The van der Waals surface area contributed by atoms with Gasteiger partial charge in [0.15, 0.2) is 5.82 Å². The van der Waals surface area contributed by atoms with E-state index >= 15 is 0 Å². The molecule has 0 bridgehead atoms. The summed E-state index contributed by atoms with van der Waals surface area (Å²) in [6, 6.07) is 17.8. The lowest BCUT2D eigenvalue weighted by Gasteiger charge is -2.15. The van der Waals surface area contributed by atoms with Gasteiger partial charge < -0.3 is 5.32 Å². The summed E-state index contributed by atoms with van der Waals surface area (Å²) >= 11 is 0. The van der Waals surface area contributed by atoms with Crippen LogP contribution in [-0.4, -0.2) is 15.9 Å². The van der Waals surface area contributed by atoms with E-state index in [-0.39, 0.29) is 11.9 Å². The van der Waals surface area contributed by atoms with E-state index in [1.54, 1.807) is 6.20 Å². The van der Waals surface area contributed by atoms with Crippen molar-refractivity contribution < 1.29 is 4.79 Å². The summed E-state index contributed by atoms with van der Waals surface area (Å²) in [4.78, 5) is 21.4. The lowest BCUT2D eigenvalue weighted by atomic mass is 10.1. The number of benzene rings is 2. The summed E-state index contributed by atoms with van der Waals surface area (Å²) in [5, 5.41) is 3.00. The van der Waals surface area contributed by atoms with Crippen molar-refractivity contribution in [2.75, 3.05) is 0 Å². The summed E-state index contributed by atoms with van der Waals surface area (Å²) in [7, 11) is 0. The van der Waals surface area contributed by atoms with Crippen LogP contribution in [0.2, 0.25) is 0 Å². The zero-order valence-electron chi connectivity index (χ0n) is 14.7. The fourth-order valence-corrected chi connectivity index (χ4v) is 2.63. The first-order chi connectivity index (χ1) is 12.0. The molecule has 0 spiro atoms. The summed E-state index contributed by atoms with van der Waals surface area (Å²) in [6.45, 7) is 5.84. The van der Waals surface area contributed by atoms with Gasteiger partial charge in [-0.2, -0.15) is 0 Å². The molecule has 0 aliphatic carbocycles. The highest BCUT2D eigenvalue weighted by atomic mass is 16.1.